The molecule has 129 heavy (non-hydrogen) atoms. The average Bonchev–Trinajstić information content (AvgIpc) is 1.55. The van der Waals surface area contributed by atoms with Gasteiger partial charge in [-0.1, -0.05) is 330 Å². The summed E-state index contributed by atoms with van der Waals surface area (Å²) in [7, 11) is -6.24. The molecule has 0 saturated carbocycles. The van der Waals surface area contributed by atoms with Crippen molar-refractivity contribution in [3.63, 3.8) is 0 Å². The molecule has 11 nitrogen and oxygen atoms in total. The Hall–Kier alpha value is -15.4. The summed E-state index contributed by atoms with van der Waals surface area (Å²) < 4.78 is 18.2. The van der Waals surface area contributed by atoms with E-state index in [1.54, 1.807) is 0 Å². The molecule has 15 heteroatoms. The molecule has 16 aromatic carbocycles. The van der Waals surface area contributed by atoms with Gasteiger partial charge < -0.3 is 8.98 Å². The fourth-order valence-corrected chi connectivity index (χ4v) is 31.5. The molecule has 610 valence electrons. The van der Waals surface area contributed by atoms with Gasteiger partial charge in [0.1, 0.15) is 35.4 Å². The summed E-state index contributed by atoms with van der Waals surface area (Å²) in [5.74, 6) is 2.20. The van der Waals surface area contributed by atoms with Crippen molar-refractivity contribution in [1.29, 1.82) is 0 Å². The summed E-state index contributed by atoms with van der Waals surface area (Å²) >= 11 is 1.86. The van der Waals surface area contributed by atoms with Crippen molar-refractivity contribution in [2.45, 2.75) is 39.3 Å². The van der Waals surface area contributed by atoms with Crippen LogP contribution in [-0.2, 0) is 0 Å². The van der Waals surface area contributed by atoms with Gasteiger partial charge in [-0.2, -0.15) is 0 Å². The van der Waals surface area contributed by atoms with Gasteiger partial charge in [-0.25, -0.2) is 29.9 Å². The minimum Gasteiger partial charge on any atom is -0.456 e. The Morgan fingerprint density at radius 3 is 0.961 bits per heavy atom. The molecule has 0 unspecified atom stereocenters. The molecule has 0 fully saturated rings. The number of hydrogen-bond acceptors (Lipinski definition) is 8. The number of aromatic nitrogens is 10. The number of nitrogens with zero attached hydrogens (tertiary/aromatic N) is 10. The Morgan fingerprint density at radius 2 is 0.535 bits per heavy atom. The van der Waals surface area contributed by atoms with E-state index in [0.717, 1.165) is 117 Å². The van der Waals surface area contributed by atoms with Crippen LogP contribution in [-0.4, -0.2) is 72.4 Å². The average molecular weight is 1720 g/mol. The lowest BCUT2D eigenvalue weighted by Gasteiger charge is -2.19. The second kappa shape index (κ2) is 28.3. The van der Waals surface area contributed by atoms with Gasteiger partial charge in [0.2, 0.25) is 17.8 Å². The fourth-order valence-electron chi connectivity index (χ4n) is 21.6. The van der Waals surface area contributed by atoms with Crippen molar-refractivity contribution in [1.82, 2.24) is 48.2 Å². The van der Waals surface area contributed by atoms with Crippen molar-refractivity contribution in [3.05, 3.63) is 376 Å². The predicted molar refractivity (Wildman–Crippen MR) is 546 cm³/mol. The second-order valence-electron chi connectivity index (χ2n) is 36.0. The highest BCUT2D eigenvalue weighted by molar-refractivity contribution is 7.26. The van der Waals surface area contributed by atoms with Crippen LogP contribution in [0.2, 0.25) is 39.3 Å². The highest BCUT2D eigenvalue weighted by atomic mass is 32.1. The van der Waals surface area contributed by atoms with Crippen molar-refractivity contribution < 1.29 is 4.42 Å². The number of thiophene rings is 1. The number of rotatable bonds is 7. The summed E-state index contributed by atoms with van der Waals surface area (Å²) in [6.45, 7) is 14.5. The van der Waals surface area contributed by atoms with Crippen LogP contribution < -0.4 is 31.5 Å². The van der Waals surface area contributed by atoms with E-state index in [9.17, 15) is 0 Å². The smallest absolute Gasteiger partial charge is 0.235 e. The molecule has 3 aliphatic heterocycles. The highest BCUT2D eigenvalue weighted by Gasteiger charge is 2.45. The monoisotopic (exact) mass is 1720 g/mol. The summed E-state index contributed by atoms with van der Waals surface area (Å²) in [6, 6.07) is 135. The predicted octanol–water partition coefficient (Wildman–Crippen LogP) is 25.5. The molecule has 0 spiro atoms. The number of fused-ring (bicyclic) bond motifs is 27. The van der Waals surface area contributed by atoms with Crippen LogP contribution in [0.25, 0.3) is 220 Å². The molecule has 0 atom stereocenters. The molecule has 0 N–H and O–H groups in total. The minimum atomic E-state index is -2.11. The molecule has 0 bridgehead atoms. The number of furan rings is 1. The van der Waals surface area contributed by atoms with E-state index in [-0.39, 0.29) is 0 Å². The molecule has 0 radical (unpaired) electrons. The largest absolute Gasteiger partial charge is 0.456 e. The molecule has 3 aliphatic rings. The van der Waals surface area contributed by atoms with Gasteiger partial charge in [-0.05, 0) is 117 Å². The Morgan fingerprint density at radius 1 is 0.225 bits per heavy atom. The fraction of sp³-hybridized carbons (Fsp3) is 0.0526. The molecular formula is C114H80N10OSSi3. The van der Waals surface area contributed by atoms with E-state index in [2.05, 4.69) is 422 Å². The zero-order valence-electron chi connectivity index (χ0n) is 71.6. The first-order chi connectivity index (χ1) is 63.3. The third-order valence-corrected chi connectivity index (χ3v) is 38.8. The van der Waals surface area contributed by atoms with E-state index >= 15 is 0 Å². The summed E-state index contributed by atoms with van der Waals surface area (Å²) in [4.78, 5) is 32.8. The van der Waals surface area contributed by atoms with Gasteiger partial charge in [0.25, 0.3) is 0 Å². The molecule has 28 rings (SSSR count). The molecule has 25 aromatic rings. The van der Waals surface area contributed by atoms with E-state index in [1.165, 1.54) is 128 Å². The minimum absolute atomic E-state index is 0.717. The molecule has 0 amide bonds. The lowest BCUT2D eigenvalue weighted by atomic mass is 10.0. The zero-order chi connectivity index (χ0) is 85.9. The van der Waals surface area contributed by atoms with Crippen molar-refractivity contribution in [3.8, 4) is 90.7 Å². The maximum atomic E-state index is 6.29. The second-order valence-corrected chi connectivity index (χ2v) is 49.8. The third-order valence-electron chi connectivity index (χ3n) is 27.6. The van der Waals surface area contributed by atoms with Gasteiger partial charge in [0.05, 0.1) is 61.2 Å². The Labute approximate surface area is 749 Å². The summed E-state index contributed by atoms with van der Waals surface area (Å²) in [6.07, 6.45) is 0. The quantitative estimate of drug-likeness (QED) is 0.146. The van der Waals surface area contributed by atoms with E-state index in [4.69, 9.17) is 34.3 Å². The molecule has 12 heterocycles. The molecule has 9 aromatic heterocycles. The van der Waals surface area contributed by atoms with Gasteiger partial charge in [-0.3, -0.25) is 13.7 Å². The lowest BCUT2D eigenvalue weighted by Crippen LogP contribution is -2.51. The van der Waals surface area contributed by atoms with E-state index < -0.39 is 24.2 Å². The first kappa shape index (κ1) is 75.0. The number of benzene rings is 16. The van der Waals surface area contributed by atoms with Crippen LogP contribution in [0.1, 0.15) is 0 Å². The van der Waals surface area contributed by atoms with Crippen molar-refractivity contribution in [2.24, 2.45) is 0 Å². The zero-order valence-corrected chi connectivity index (χ0v) is 75.4. The lowest BCUT2D eigenvalue weighted by molar-refractivity contribution is 0.669. The van der Waals surface area contributed by atoms with Gasteiger partial charge in [0, 0.05) is 129 Å². The van der Waals surface area contributed by atoms with Crippen LogP contribution in [0.5, 0.6) is 0 Å². The van der Waals surface area contributed by atoms with Gasteiger partial charge in [-0.15, -0.1) is 11.3 Å². The van der Waals surface area contributed by atoms with Crippen LogP contribution in [0, 0.1) is 0 Å². The van der Waals surface area contributed by atoms with Crippen LogP contribution >= 0.6 is 11.3 Å². The van der Waals surface area contributed by atoms with Crippen molar-refractivity contribution in [2.75, 3.05) is 0 Å². The third kappa shape index (κ3) is 11.1. The molecule has 0 saturated heterocycles. The normalized spacial score (nSPS) is 13.7. The Balaban J connectivity index is 0.000000102. The summed E-state index contributed by atoms with van der Waals surface area (Å²) in [5.41, 5.74) is 25.8. The SMILES string of the molecule is C[Si]1(C)c2ccccc2-c2c(-c3ccccc3)nc(-n3c4ccccc4c4cc5c(cc43)c3ccccc3n5-c3ccccc3)nc21.C[Si]1(C)c2ccccc2-c2c(-c3ccccc3)nc(-n3c4ccccc4c4cc5oc6ccccc6c5cc43)nc21.C[Si]1(C)c2ccccc2-c2c(-c3ccccc3)nc(-n3c4ccccc4c4cc5sc6ccccc6c5cc43)nc21. The Bertz CT molecular complexity index is 8720. The maximum Gasteiger partial charge on any atom is 0.235 e. The van der Waals surface area contributed by atoms with E-state index in [1.807, 2.05) is 23.5 Å². The number of hydrogen-bond donors (Lipinski definition) is 0. The van der Waals surface area contributed by atoms with Gasteiger partial charge in [0.15, 0.2) is 0 Å². The van der Waals surface area contributed by atoms with E-state index in [0.29, 0.717) is 5.95 Å². The first-order valence-corrected chi connectivity index (χ1v) is 54.1. The van der Waals surface area contributed by atoms with Crippen LogP contribution in [0.4, 0.5) is 0 Å². The first-order valence-electron chi connectivity index (χ1n) is 44.2. The number of para-hydroxylation sites is 6. The highest BCUT2D eigenvalue weighted by Crippen LogP contribution is 2.47. The topological polar surface area (TPSA) is 110 Å². The standard InChI is InChI=1S/C42H30N4Si.C36H25N3OSi.C36H25N3SSi/c1-47(2)38-24-14-11-21-31(38)39-40(27-15-5-3-6-16-27)43-42(44-41(39)47)46-35-23-13-10-20-30(35)33-25-36-32(26-37(33)46)29-19-9-12-22-34(29)45(36)28-17-7-4-8-18-28;2*1-41(2)32-19-11-8-16-25(32)33-34(22-12-4-3-5-13-22)37-36(38-35(33)41)39-28-17-9-6-14-23(28)26-21-31-27(20-29(26)39)24-15-7-10-18-30(24)40-31/h3-26H,1-2H3;2*3-21H,1-2H3. The van der Waals surface area contributed by atoms with Crippen LogP contribution in [0.3, 0.4) is 0 Å². The van der Waals surface area contributed by atoms with Crippen LogP contribution in [0.15, 0.2) is 381 Å². The molecule has 0 aliphatic carbocycles. The van der Waals surface area contributed by atoms with Crippen molar-refractivity contribution >= 4 is 196 Å². The molecular weight excluding hydrogens is 1640 g/mol. The maximum absolute atomic E-state index is 6.29. The van der Waals surface area contributed by atoms with Gasteiger partial charge >= 0.3 is 0 Å². The summed E-state index contributed by atoms with van der Waals surface area (Å²) in [5, 5.41) is 22.3. The Kier molecular flexibility index (Phi) is 16.5.